The van der Waals surface area contributed by atoms with Gasteiger partial charge in [-0.3, -0.25) is 4.79 Å². The summed E-state index contributed by atoms with van der Waals surface area (Å²) in [7, 11) is 4.71. The molecular weight excluding hydrogens is 658 g/mol. The van der Waals surface area contributed by atoms with Crippen molar-refractivity contribution in [2.24, 2.45) is 0 Å². The Bertz CT molecular complexity index is 1900. The first kappa shape index (κ1) is 35.4. The second-order valence-corrected chi connectivity index (χ2v) is 13.7. The molecule has 2 fully saturated rings. The fraction of sp³-hybridized carbons (Fsp3) is 0.415. The third-order valence-electron chi connectivity index (χ3n) is 10.6. The van der Waals surface area contributed by atoms with E-state index in [0.29, 0.717) is 55.7 Å². The van der Waals surface area contributed by atoms with Gasteiger partial charge in [0.25, 0.3) is 5.91 Å². The SMILES string of the molecule is COc1cc(C(=O)N2CCC(CCN3CCCN(c4nc5ccccc5n4CCOCc4ccco4)CC3)(c3ccccc3)C2)cc(OC)c1OC. The number of amides is 1. The maximum Gasteiger partial charge on any atom is 0.254 e. The maximum absolute atomic E-state index is 14.0. The Balaban J connectivity index is 1.03. The molecule has 274 valence electrons. The van der Waals surface area contributed by atoms with Crippen LogP contribution in [0.1, 0.15) is 40.9 Å². The van der Waals surface area contributed by atoms with Gasteiger partial charge in [-0.25, -0.2) is 4.98 Å². The molecule has 0 spiro atoms. The number of hydrogen-bond acceptors (Lipinski definition) is 9. The molecule has 2 saturated heterocycles. The van der Waals surface area contributed by atoms with Gasteiger partial charge < -0.3 is 42.6 Å². The van der Waals surface area contributed by atoms with Crippen molar-refractivity contribution in [2.75, 3.05) is 78.6 Å². The van der Waals surface area contributed by atoms with Crippen LogP contribution in [0.15, 0.2) is 89.5 Å². The summed E-state index contributed by atoms with van der Waals surface area (Å²) in [5.41, 5.74) is 3.79. The van der Waals surface area contributed by atoms with E-state index in [9.17, 15) is 4.79 Å². The first-order valence-corrected chi connectivity index (χ1v) is 18.2. The Labute approximate surface area is 305 Å². The van der Waals surface area contributed by atoms with Crippen molar-refractivity contribution in [2.45, 2.75) is 37.8 Å². The zero-order chi connectivity index (χ0) is 35.9. The number of aromatic nitrogens is 2. The summed E-state index contributed by atoms with van der Waals surface area (Å²) in [5, 5.41) is 0. The normalized spacial score (nSPS) is 18.1. The van der Waals surface area contributed by atoms with Crippen LogP contribution in [0.4, 0.5) is 5.95 Å². The van der Waals surface area contributed by atoms with Gasteiger partial charge in [0.05, 0.1) is 45.2 Å². The first-order valence-electron chi connectivity index (χ1n) is 18.2. The number of furan rings is 1. The van der Waals surface area contributed by atoms with E-state index in [-0.39, 0.29) is 11.3 Å². The highest BCUT2D eigenvalue weighted by Crippen LogP contribution is 2.41. The van der Waals surface area contributed by atoms with Crippen LogP contribution < -0.4 is 19.1 Å². The number of carbonyl (C=O) groups is 1. The van der Waals surface area contributed by atoms with Gasteiger partial charge in [-0.15, -0.1) is 0 Å². The number of anilines is 1. The number of rotatable bonds is 14. The van der Waals surface area contributed by atoms with Gasteiger partial charge in [0.15, 0.2) is 11.5 Å². The summed E-state index contributed by atoms with van der Waals surface area (Å²) in [4.78, 5) is 26.1. The van der Waals surface area contributed by atoms with E-state index in [1.807, 2.05) is 23.1 Å². The van der Waals surface area contributed by atoms with Crippen molar-refractivity contribution in [1.29, 1.82) is 0 Å². The fourth-order valence-electron chi connectivity index (χ4n) is 7.82. The molecule has 11 heteroatoms. The topological polar surface area (TPSA) is 94.7 Å². The van der Waals surface area contributed by atoms with E-state index in [1.54, 1.807) is 39.7 Å². The van der Waals surface area contributed by atoms with Crippen molar-refractivity contribution in [1.82, 2.24) is 19.4 Å². The molecule has 5 aromatic rings. The van der Waals surface area contributed by atoms with E-state index in [0.717, 1.165) is 74.7 Å². The molecular formula is C41H49N5O6. The minimum Gasteiger partial charge on any atom is -0.493 e. The van der Waals surface area contributed by atoms with E-state index >= 15 is 0 Å². The second-order valence-electron chi connectivity index (χ2n) is 13.7. The van der Waals surface area contributed by atoms with Gasteiger partial charge in [0, 0.05) is 50.2 Å². The lowest BCUT2D eigenvalue weighted by Crippen LogP contribution is -2.39. The van der Waals surface area contributed by atoms with Gasteiger partial charge >= 0.3 is 0 Å². The minimum atomic E-state index is -0.146. The predicted octanol–water partition coefficient (Wildman–Crippen LogP) is 6.26. The van der Waals surface area contributed by atoms with Gasteiger partial charge in [-0.05, 0) is 74.3 Å². The highest BCUT2D eigenvalue weighted by molar-refractivity contribution is 5.96. The number of nitrogens with zero attached hydrogens (tertiary/aromatic N) is 5. The van der Waals surface area contributed by atoms with E-state index in [2.05, 4.69) is 62.9 Å². The van der Waals surface area contributed by atoms with Crippen LogP contribution in [-0.2, 0) is 23.3 Å². The van der Waals surface area contributed by atoms with Gasteiger partial charge in [-0.2, -0.15) is 0 Å². The maximum atomic E-state index is 14.0. The van der Waals surface area contributed by atoms with Crippen LogP contribution in [0.3, 0.4) is 0 Å². The molecule has 4 heterocycles. The lowest BCUT2D eigenvalue weighted by molar-refractivity contribution is 0.0780. The molecule has 2 aliphatic rings. The van der Waals surface area contributed by atoms with Crippen molar-refractivity contribution in [3.63, 3.8) is 0 Å². The molecule has 1 amide bonds. The van der Waals surface area contributed by atoms with Gasteiger partial charge in [0.2, 0.25) is 11.7 Å². The molecule has 0 saturated carbocycles. The lowest BCUT2D eigenvalue weighted by Gasteiger charge is -2.33. The van der Waals surface area contributed by atoms with Crippen LogP contribution in [-0.4, -0.2) is 99.0 Å². The van der Waals surface area contributed by atoms with Crippen LogP contribution >= 0.6 is 0 Å². The van der Waals surface area contributed by atoms with Crippen molar-refractivity contribution >= 4 is 22.9 Å². The molecule has 7 rings (SSSR count). The number of ether oxygens (including phenoxy) is 4. The standard InChI is InChI=1S/C41H49N5O6/c1-48-36-27-31(28-37(49-2)38(36)50-3)39(47)45-21-17-41(30-45,32-11-5-4-6-12-32)16-20-43-18-10-19-44(23-22-43)40-42-34-14-7-8-15-35(34)46(40)24-26-51-29-33-13-9-25-52-33/h4-9,11-15,25,27-28H,10,16-24,26,29-30H2,1-3H3. The Morgan fingerprint density at radius 3 is 2.38 bits per heavy atom. The monoisotopic (exact) mass is 707 g/mol. The lowest BCUT2D eigenvalue weighted by atomic mass is 9.76. The summed E-state index contributed by atoms with van der Waals surface area (Å²) in [6.45, 7) is 7.79. The Morgan fingerprint density at radius 2 is 1.63 bits per heavy atom. The molecule has 52 heavy (non-hydrogen) atoms. The second kappa shape index (κ2) is 16.1. The van der Waals surface area contributed by atoms with E-state index in [4.69, 9.17) is 28.3 Å². The fourth-order valence-corrected chi connectivity index (χ4v) is 7.82. The summed E-state index contributed by atoms with van der Waals surface area (Å²) < 4.78 is 30.3. The largest absolute Gasteiger partial charge is 0.493 e. The number of hydrogen-bond donors (Lipinski definition) is 0. The molecule has 11 nitrogen and oxygen atoms in total. The Morgan fingerprint density at radius 1 is 0.846 bits per heavy atom. The summed E-state index contributed by atoms with van der Waals surface area (Å²) in [6.07, 6.45) is 4.58. The van der Waals surface area contributed by atoms with Crippen molar-refractivity contribution in [3.8, 4) is 17.2 Å². The van der Waals surface area contributed by atoms with Gasteiger partial charge in [0.1, 0.15) is 12.4 Å². The van der Waals surface area contributed by atoms with Crippen LogP contribution in [0, 0.1) is 0 Å². The highest BCUT2D eigenvalue weighted by Gasteiger charge is 2.42. The number of carbonyl (C=O) groups excluding carboxylic acids is 1. The van der Waals surface area contributed by atoms with E-state index in [1.165, 1.54) is 5.56 Å². The van der Waals surface area contributed by atoms with Crippen molar-refractivity contribution < 1.29 is 28.2 Å². The summed E-state index contributed by atoms with van der Waals surface area (Å²) in [6, 6.07) is 26.4. The average molecular weight is 708 g/mol. The number of benzene rings is 3. The first-order chi connectivity index (χ1) is 25.5. The number of likely N-dealkylation sites (tertiary alicyclic amines) is 1. The van der Waals surface area contributed by atoms with Gasteiger partial charge in [-0.1, -0.05) is 42.5 Å². The average Bonchev–Trinajstić information content (AvgIpc) is 3.92. The molecule has 0 aliphatic carbocycles. The minimum absolute atomic E-state index is 0.0308. The Kier molecular flexibility index (Phi) is 11.0. The summed E-state index contributed by atoms with van der Waals surface area (Å²) >= 11 is 0. The number of methoxy groups -OCH3 is 3. The number of fused-ring (bicyclic) bond motifs is 1. The van der Waals surface area contributed by atoms with Crippen LogP contribution in [0.2, 0.25) is 0 Å². The predicted molar refractivity (Wildman–Crippen MR) is 201 cm³/mol. The third-order valence-corrected chi connectivity index (χ3v) is 10.6. The van der Waals surface area contributed by atoms with E-state index < -0.39 is 0 Å². The van der Waals surface area contributed by atoms with Crippen LogP contribution in [0.5, 0.6) is 17.2 Å². The highest BCUT2D eigenvalue weighted by atomic mass is 16.5. The van der Waals surface area contributed by atoms with Crippen molar-refractivity contribution in [3.05, 3.63) is 102 Å². The number of imidazole rings is 1. The molecule has 0 bridgehead atoms. The smallest absolute Gasteiger partial charge is 0.254 e. The molecule has 2 aromatic heterocycles. The zero-order valence-electron chi connectivity index (χ0n) is 30.5. The summed E-state index contributed by atoms with van der Waals surface area (Å²) in [5.74, 6) is 3.22. The molecule has 1 unspecified atom stereocenters. The zero-order valence-corrected chi connectivity index (χ0v) is 30.5. The molecule has 0 radical (unpaired) electrons. The molecule has 0 N–H and O–H groups in total. The molecule has 2 aliphatic heterocycles. The number of para-hydroxylation sites is 2. The quantitative estimate of drug-likeness (QED) is 0.124. The third kappa shape index (κ3) is 7.47. The molecule has 3 aromatic carbocycles. The Hall–Kier alpha value is -5.00. The molecule has 1 atom stereocenters. The van der Waals surface area contributed by atoms with Crippen LogP contribution in [0.25, 0.3) is 11.0 Å².